The molecular weight excluding hydrogens is 497 g/mol. The molecule has 2 rings (SSSR count). The van der Waals surface area contributed by atoms with Crippen LogP contribution in [0, 0.1) is 0 Å². The Morgan fingerprint density at radius 3 is 2.48 bits per heavy atom. The lowest BCUT2D eigenvalue weighted by Gasteiger charge is -2.11. The lowest BCUT2D eigenvalue weighted by atomic mass is 10.1. The molecule has 0 spiro atoms. The molecule has 5 nitrogen and oxygen atoms in total. The number of methoxy groups -OCH3 is 2. The van der Waals surface area contributed by atoms with Gasteiger partial charge >= 0.3 is 0 Å². The molecule has 2 aromatic rings. The van der Waals surface area contributed by atoms with Gasteiger partial charge in [0.15, 0.2) is 17.5 Å². The van der Waals surface area contributed by atoms with Crippen LogP contribution in [0.15, 0.2) is 45.9 Å². The van der Waals surface area contributed by atoms with Gasteiger partial charge in [0.25, 0.3) is 0 Å². The third-order valence-corrected chi connectivity index (χ3v) is 4.32. The third kappa shape index (κ3) is 6.07. The van der Waals surface area contributed by atoms with Crippen molar-refractivity contribution in [1.29, 1.82) is 0 Å². The zero-order chi connectivity index (χ0) is 17.5. The van der Waals surface area contributed by atoms with E-state index in [9.17, 15) is 0 Å². The molecule has 25 heavy (non-hydrogen) atoms. The Kier molecular flexibility index (Phi) is 9.05. The van der Waals surface area contributed by atoms with Crippen LogP contribution in [-0.4, -0.2) is 20.2 Å². The van der Waals surface area contributed by atoms with E-state index >= 15 is 0 Å². The fourth-order valence-corrected chi connectivity index (χ4v) is 2.69. The van der Waals surface area contributed by atoms with Crippen LogP contribution in [0.5, 0.6) is 11.5 Å². The fourth-order valence-electron chi connectivity index (χ4n) is 2.24. The standard InChI is InChI=1S/C18H22BrN3O2.HI/c1-4-12-6-5-7-14(8-12)22-18(20)21-11-13-9-16(23-2)17(24-3)10-15(13)19;/h5-10H,4,11H2,1-3H3,(H3,20,21,22);1H. The van der Waals surface area contributed by atoms with Crippen LogP contribution in [0.1, 0.15) is 18.1 Å². The number of rotatable bonds is 6. The number of ether oxygens (including phenoxy) is 2. The van der Waals surface area contributed by atoms with Crippen LogP contribution in [0.25, 0.3) is 0 Å². The molecule has 0 heterocycles. The number of halogens is 2. The van der Waals surface area contributed by atoms with Crippen molar-refractivity contribution in [1.82, 2.24) is 0 Å². The first-order chi connectivity index (χ1) is 11.6. The summed E-state index contributed by atoms with van der Waals surface area (Å²) in [6.07, 6.45) is 0.977. The van der Waals surface area contributed by atoms with Crippen molar-refractivity contribution >= 4 is 51.6 Å². The molecule has 0 atom stereocenters. The predicted octanol–water partition coefficient (Wildman–Crippen LogP) is 4.57. The quantitative estimate of drug-likeness (QED) is 0.333. The highest BCUT2D eigenvalue weighted by Crippen LogP contribution is 2.33. The van der Waals surface area contributed by atoms with Gasteiger partial charge in [-0.15, -0.1) is 24.0 Å². The molecule has 0 aliphatic heterocycles. The largest absolute Gasteiger partial charge is 0.493 e. The summed E-state index contributed by atoms with van der Waals surface area (Å²) in [6.45, 7) is 2.54. The van der Waals surface area contributed by atoms with Crippen LogP contribution >= 0.6 is 39.9 Å². The van der Waals surface area contributed by atoms with E-state index in [1.165, 1.54) is 5.56 Å². The maximum Gasteiger partial charge on any atom is 0.193 e. The molecule has 0 aromatic heterocycles. The molecule has 3 N–H and O–H groups in total. The highest BCUT2D eigenvalue weighted by molar-refractivity contribution is 14.0. The second-order valence-electron chi connectivity index (χ2n) is 5.18. The number of anilines is 1. The lowest BCUT2D eigenvalue weighted by Crippen LogP contribution is -2.22. The van der Waals surface area contributed by atoms with Gasteiger partial charge in [-0.05, 0) is 41.8 Å². The van der Waals surface area contributed by atoms with E-state index in [1.807, 2.05) is 24.3 Å². The van der Waals surface area contributed by atoms with Gasteiger partial charge in [-0.25, -0.2) is 4.99 Å². The second-order valence-corrected chi connectivity index (χ2v) is 6.03. The number of nitrogens with two attached hydrogens (primary N) is 1. The van der Waals surface area contributed by atoms with Gasteiger partial charge in [0.05, 0.1) is 20.8 Å². The number of aliphatic imine (C=N–C) groups is 1. The van der Waals surface area contributed by atoms with Crippen molar-refractivity contribution in [2.24, 2.45) is 10.7 Å². The zero-order valence-electron chi connectivity index (χ0n) is 14.5. The minimum Gasteiger partial charge on any atom is -0.493 e. The van der Waals surface area contributed by atoms with Gasteiger partial charge in [0.2, 0.25) is 0 Å². The summed E-state index contributed by atoms with van der Waals surface area (Å²) in [4.78, 5) is 4.39. The summed E-state index contributed by atoms with van der Waals surface area (Å²) in [5.74, 6) is 1.69. The molecule has 0 aliphatic carbocycles. The number of nitrogens with zero attached hydrogens (tertiary/aromatic N) is 1. The van der Waals surface area contributed by atoms with E-state index in [-0.39, 0.29) is 24.0 Å². The number of hydrogen-bond acceptors (Lipinski definition) is 3. The molecule has 0 fully saturated rings. The molecule has 7 heteroatoms. The Labute approximate surface area is 174 Å². The molecule has 136 valence electrons. The normalized spacial score (nSPS) is 10.8. The molecule has 0 saturated heterocycles. The number of benzene rings is 2. The van der Waals surface area contributed by atoms with Crippen molar-refractivity contribution < 1.29 is 9.47 Å². The van der Waals surface area contributed by atoms with Crippen molar-refractivity contribution in [2.45, 2.75) is 19.9 Å². The first kappa shape index (κ1) is 21.6. The average Bonchev–Trinajstić information content (AvgIpc) is 2.60. The third-order valence-electron chi connectivity index (χ3n) is 3.58. The van der Waals surface area contributed by atoms with Crippen molar-refractivity contribution in [3.63, 3.8) is 0 Å². The van der Waals surface area contributed by atoms with Crippen molar-refractivity contribution in [2.75, 3.05) is 19.5 Å². The number of guanidine groups is 1. The summed E-state index contributed by atoms with van der Waals surface area (Å²) >= 11 is 3.52. The molecule has 0 unspecified atom stereocenters. The van der Waals surface area contributed by atoms with E-state index in [0.717, 1.165) is 22.1 Å². The highest BCUT2D eigenvalue weighted by Gasteiger charge is 2.09. The zero-order valence-corrected chi connectivity index (χ0v) is 18.4. The molecule has 0 amide bonds. The maximum atomic E-state index is 5.99. The Hall–Kier alpha value is -1.48. The highest BCUT2D eigenvalue weighted by atomic mass is 127. The SMILES string of the molecule is CCc1cccc(NC(N)=NCc2cc(OC)c(OC)cc2Br)c1.I. The van der Waals surface area contributed by atoms with E-state index in [1.54, 1.807) is 14.2 Å². The first-order valence-electron chi connectivity index (χ1n) is 7.63. The number of hydrogen-bond donors (Lipinski definition) is 2. The van der Waals surface area contributed by atoms with Gasteiger partial charge in [0.1, 0.15) is 0 Å². The Morgan fingerprint density at radius 1 is 1.16 bits per heavy atom. The molecular formula is C18H23BrIN3O2. The van der Waals surface area contributed by atoms with Crippen LogP contribution in [0.4, 0.5) is 5.69 Å². The predicted molar refractivity (Wildman–Crippen MR) is 117 cm³/mol. The summed E-state index contributed by atoms with van der Waals surface area (Å²) in [5, 5.41) is 3.11. The molecule has 2 aromatic carbocycles. The van der Waals surface area contributed by atoms with Gasteiger partial charge in [0, 0.05) is 10.2 Å². The Balaban J connectivity index is 0.00000312. The fraction of sp³-hybridized carbons (Fsp3) is 0.278. The van der Waals surface area contributed by atoms with Gasteiger partial charge in [-0.2, -0.15) is 0 Å². The Morgan fingerprint density at radius 2 is 1.84 bits per heavy atom. The lowest BCUT2D eigenvalue weighted by molar-refractivity contribution is 0.354. The van der Waals surface area contributed by atoms with E-state index in [4.69, 9.17) is 15.2 Å². The number of aryl methyl sites for hydroxylation is 1. The smallest absolute Gasteiger partial charge is 0.193 e. The summed E-state index contributed by atoms with van der Waals surface area (Å²) in [7, 11) is 3.21. The maximum absolute atomic E-state index is 5.99. The van der Waals surface area contributed by atoms with Crippen LogP contribution in [0.2, 0.25) is 0 Å². The molecule has 0 aliphatic rings. The van der Waals surface area contributed by atoms with E-state index in [2.05, 4.69) is 45.3 Å². The average molecular weight is 520 g/mol. The van der Waals surface area contributed by atoms with Crippen molar-refractivity contribution in [3.8, 4) is 11.5 Å². The molecule has 0 radical (unpaired) electrons. The second kappa shape index (κ2) is 10.5. The van der Waals surface area contributed by atoms with Crippen LogP contribution < -0.4 is 20.5 Å². The van der Waals surface area contributed by atoms with Crippen LogP contribution in [-0.2, 0) is 13.0 Å². The van der Waals surface area contributed by atoms with Gasteiger partial charge in [-0.1, -0.05) is 35.0 Å². The minimum atomic E-state index is 0. The monoisotopic (exact) mass is 519 g/mol. The Bertz CT molecular complexity index is 738. The van der Waals surface area contributed by atoms with Gasteiger partial charge in [-0.3, -0.25) is 0 Å². The van der Waals surface area contributed by atoms with Crippen molar-refractivity contribution in [3.05, 3.63) is 52.0 Å². The number of nitrogens with one attached hydrogen (secondary N) is 1. The summed E-state index contributed by atoms with van der Waals surface area (Å²) in [6, 6.07) is 11.9. The van der Waals surface area contributed by atoms with Gasteiger partial charge < -0.3 is 20.5 Å². The summed E-state index contributed by atoms with van der Waals surface area (Å²) in [5.41, 5.74) is 9.13. The minimum absolute atomic E-state index is 0. The summed E-state index contributed by atoms with van der Waals surface area (Å²) < 4.78 is 11.5. The first-order valence-corrected chi connectivity index (χ1v) is 8.43. The van der Waals surface area contributed by atoms with Crippen LogP contribution in [0.3, 0.4) is 0 Å². The molecule has 0 saturated carbocycles. The van der Waals surface area contributed by atoms with E-state index in [0.29, 0.717) is 24.0 Å². The topological polar surface area (TPSA) is 68.9 Å². The molecule has 0 bridgehead atoms. The van der Waals surface area contributed by atoms with E-state index < -0.39 is 0 Å².